The summed E-state index contributed by atoms with van der Waals surface area (Å²) in [5, 5.41) is 6.81. The Hall–Kier alpha value is -2.87. The van der Waals surface area contributed by atoms with Crippen LogP contribution in [0, 0.1) is 5.82 Å². The summed E-state index contributed by atoms with van der Waals surface area (Å²) < 4.78 is 18.3. The number of ether oxygens (including phenoxy) is 1. The number of rotatable bonds is 4. The number of aromatic nitrogens is 3. The number of carbonyl (C=O) groups excluding carboxylic acids is 1. The van der Waals surface area contributed by atoms with E-state index in [1.807, 2.05) is 24.3 Å². The third-order valence-corrected chi connectivity index (χ3v) is 5.29. The normalized spacial score (nSPS) is 16.9. The molecule has 132 valence electrons. The fourth-order valence-corrected chi connectivity index (χ4v) is 3.90. The molecule has 6 nitrogen and oxygen atoms in total. The number of aromatic amines is 1. The Labute approximate surface area is 153 Å². The van der Waals surface area contributed by atoms with Gasteiger partial charge in [0.15, 0.2) is 5.82 Å². The number of hydrogen-bond donors (Lipinski definition) is 1. The number of hydrogen-bond acceptors (Lipinski definition) is 5. The van der Waals surface area contributed by atoms with Gasteiger partial charge in [0.1, 0.15) is 16.9 Å². The van der Waals surface area contributed by atoms with Crippen molar-refractivity contribution in [1.29, 1.82) is 0 Å². The predicted molar refractivity (Wildman–Crippen MR) is 97.5 cm³/mol. The Bertz CT molecular complexity index is 927. The van der Waals surface area contributed by atoms with Gasteiger partial charge in [-0.2, -0.15) is 4.98 Å². The number of H-pyrrole nitrogens is 1. The molecule has 3 aromatic rings. The van der Waals surface area contributed by atoms with Gasteiger partial charge < -0.3 is 4.74 Å². The Morgan fingerprint density at radius 1 is 1.19 bits per heavy atom. The zero-order valence-electron chi connectivity index (χ0n) is 13.8. The van der Waals surface area contributed by atoms with Gasteiger partial charge in [-0.25, -0.2) is 4.39 Å². The molecule has 0 saturated carbocycles. The molecule has 0 unspecified atom stereocenters. The molecule has 0 radical (unpaired) electrons. The van der Waals surface area contributed by atoms with E-state index in [2.05, 4.69) is 15.2 Å². The molecule has 1 aliphatic rings. The number of nitrogens with one attached hydrogen (secondary N) is 1. The third kappa shape index (κ3) is 3.03. The largest absolute Gasteiger partial charge is 0.497 e. The van der Waals surface area contributed by atoms with E-state index in [1.54, 1.807) is 24.1 Å². The summed E-state index contributed by atoms with van der Waals surface area (Å²) in [6, 6.07) is 13.5. The minimum absolute atomic E-state index is 0.0791. The number of anilines is 1. The van der Waals surface area contributed by atoms with E-state index in [9.17, 15) is 9.18 Å². The van der Waals surface area contributed by atoms with Crippen molar-refractivity contribution >= 4 is 23.6 Å². The van der Waals surface area contributed by atoms with Gasteiger partial charge in [-0.1, -0.05) is 12.1 Å². The highest BCUT2D eigenvalue weighted by atomic mass is 32.2. The van der Waals surface area contributed by atoms with Crippen LogP contribution >= 0.6 is 11.8 Å². The lowest BCUT2D eigenvalue weighted by molar-refractivity contribution is -0.115. The average Bonchev–Trinajstić information content (AvgIpc) is 3.29. The van der Waals surface area contributed by atoms with Gasteiger partial charge in [-0.15, -0.1) is 16.9 Å². The standard InChI is InChI=1S/C18H15FN4O2S/c1-25-14-8-4-11(5-9-14)16-20-18(22-21-16)23-15(24)10-26-17(23)12-2-6-13(19)7-3-12/h2-9,17H,10H2,1H3,(H,20,21,22)/t17-/m0/s1. The van der Waals surface area contributed by atoms with Gasteiger partial charge in [0, 0.05) is 5.56 Å². The molecule has 1 atom stereocenters. The van der Waals surface area contributed by atoms with Crippen LogP contribution in [0.1, 0.15) is 10.9 Å². The Kier molecular flexibility index (Phi) is 4.34. The first kappa shape index (κ1) is 16.6. The van der Waals surface area contributed by atoms with Gasteiger partial charge in [-0.05, 0) is 42.0 Å². The molecule has 8 heteroatoms. The molecule has 1 amide bonds. The lowest BCUT2D eigenvalue weighted by Gasteiger charge is -2.20. The monoisotopic (exact) mass is 370 g/mol. The summed E-state index contributed by atoms with van der Waals surface area (Å²) in [5.41, 5.74) is 1.67. The van der Waals surface area contributed by atoms with E-state index in [4.69, 9.17) is 4.74 Å². The Morgan fingerprint density at radius 3 is 2.62 bits per heavy atom. The lowest BCUT2D eigenvalue weighted by Crippen LogP contribution is -2.28. The molecule has 0 aliphatic carbocycles. The number of carbonyl (C=O) groups is 1. The quantitative estimate of drug-likeness (QED) is 0.762. The zero-order valence-corrected chi connectivity index (χ0v) is 14.7. The number of halogens is 1. The summed E-state index contributed by atoms with van der Waals surface area (Å²) in [6.45, 7) is 0. The molecule has 1 saturated heterocycles. The van der Waals surface area contributed by atoms with Gasteiger partial charge in [-0.3, -0.25) is 14.8 Å². The highest BCUT2D eigenvalue weighted by Gasteiger charge is 2.36. The molecule has 2 heterocycles. The zero-order chi connectivity index (χ0) is 18.1. The van der Waals surface area contributed by atoms with E-state index in [0.717, 1.165) is 16.9 Å². The van der Waals surface area contributed by atoms with Gasteiger partial charge >= 0.3 is 0 Å². The summed E-state index contributed by atoms with van der Waals surface area (Å²) in [6.07, 6.45) is 0. The molecule has 1 fully saturated rings. The van der Waals surface area contributed by atoms with Crippen LogP contribution in [0.15, 0.2) is 48.5 Å². The van der Waals surface area contributed by atoms with Gasteiger partial charge in [0.25, 0.3) is 5.95 Å². The second-order valence-corrected chi connectivity index (χ2v) is 6.76. The molecule has 0 bridgehead atoms. The summed E-state index contributed by atoms with van der Waals surface area (Å²) in [5.74, 6) is 1.55. The predicted octanol–water partition coefficient (Wildman–Crippen LogP) is 3.40. The van der Waals surface area contributed by atoms with Gasteiger partial charge in [0.05, 0.1) is 12.9 Å². The highest BCUT2D eigenvalue weighted by Crippen LogP contribution is 2.40. The fraction of sp³-hybridized carbons (Fsp3) is 0.167. The Morgan fingerprint density at radius 2 is 1.92 bits per heavy atom. The maximum Gasteiger partial charge on any atom is 0.252 e. The number of nitrogens with zero attached hydrogens (tertiary/aromatic N) is 3. The van der Waals surface area contributed by atoms with E-state index in [-0.39, 0.29) is 17.1 Å². The first-order valence-corrected chi connectivity index (χ1v) is 8.96. The van der Waals surface area contributed by atoms with Crippen molar-refractivity contribution in [1.82, 2.24) is 15.2 Å². The van der Waals surface area contributed by atoms with Crippen molar-refractivity contribution < 1.29 is 13.9 Å². The van der Waals surface area contributed by atoms with Crippen molar-refractivity contribution in [3.8, 4) is 17.1 Å². The van der Waals surface area contributed by atoms with E-state index < -0.39 is 0 Å². The van der Waals surface area contributed by atoms with Crippen LogP contribution in [-0.4, -0.2) is 34.0 Å². The van der Waals surface area contributed by atoms with Crippen LogP contribution in [0.5, 0.6) is 5.75 Å². The molecule has 1 aromatic heterocycles. The second-order valence-electron chi connectivity index (χ2n) is 5.69. The van der Waals surface area contributed by atoms with Crippen molar-refractivity contribution in [2.24, 2.45) is 0 Å². The smallest absolute Gasteiger partial charge is 0.252 e. The third-order valence-electron chi connectivity index (χ3n) is 4.08. The topological polar surface area (TPSA) is 71.1 Å². The first-order valence-electron chi connectivity index (χ1n) is 7.91. The average molecular weight is 370 g/mol. The van der Waals surface area contributed by atoms with Gasteiger partial charge in [0.2, 0.25) is 5.91 Å². The van der Waals surface area contributed by atoms with Crippen molar-refractivity contribution in [3.05, 3.63) is 59.9 Å². The SMILES string of the molecule is COc1ccc(-c2nc(N3C(=O)CS[C@H]3c3ccc(F)cc3)n[nH]2)cc1. The van der Waals surface area contributed by atoms with Crippen LogP contribution in [-0.2, 0) is 4.79 Å². The van der Waals surface area contributed by atoms with E-state index in [1.165, 1.54) is 23.9 Å². The molecule has 1 aliphatic heterocycles. The number of thioether (sulfide) groups is 1. The first-order chi connectivity index (χ1) is 12.7. The summed E-state index contributed by atoms with van der Waals surface area (Å²) >= 11 is 1.47. The molecule has 1 N–H and O–H groups in total. The van der Waals surface area contributed by atoms with E-state index >= 15 is 0 Å². The Balaban J connectivity index is 1.64. The minimum Gasteiger partial charge on any atom is -0.497 e. The van der Waals surface area contributed by atoms with Crippen molar-refractivity contribution in [2.75, 3.05) is 17.8 Å². The van der Waals surface area contributed by atoms with Crippen LogP contribution in [0.25, 0.3) is 11.4 Å². The van der Waals surface area contributed by atoms with Crippen LogP contribution in [0.2, 0.25) is 0 Å². The van der Waals surface area contributed by atoms with E-state index in [0.29, 0.717) is 17.5 Å². The number of benzene rings is 2. The molecule has 0 spiro atoms. The molecule has 26 heavy (non-hydrogen) atoms. The molecule has 2 aromatic carbocycles. The minimum atomic E-state index is -0.311. The molecule has 4 rings (SSSR count). The second kappa shape index (κ2) is 6.80. The van der Waals surface area contributed by atoms with Crippen LogP contribution in [0.4, 0.5) is 10.3 Å². The maximum atomic E-state index is 13.2. The van der Waals surface area contributed by atoms with Crippen LogP contribution < -0.4 is 9.64 Å². The summed E-state index contributed by atoms with van der Waals surface area (Å²) in [4.78, 5) is 18.4. The number of amides is 1. The lowest BCUT2D eigenvalue weighted by atomic mass is 10.2. The van der Waals surface area contributed by atoms with Crippen molar-refractivity contribution in [3.63, 3.8) is 0 Å². The van der Waals surface area contributed by atoms with Crippen LogP contribution in [0.3, 0.4) is 0 Å². The maximum absolute atomic E-state index is 13.2. The summed E-state index contributed by atoms with van der Waals surface area (Å²) in [7, 11) is 1.60. The fourth-order valence-electron chi connectivity index (χ4n) is 2.75. The van der Waals surface area contributed by atoms with Crippen molar-refractivity contribution in [2.45, 2.75) is 5.37 Å². The molecular formula is C18H15FN4O2S. The molecular weight excluding hydrogens is 355 g/mol. The number of methoxy groups -OCH3 is 1. The highest BCUT2D eigenvalue weighted by molar-refractivity contribution is 8.00.